The summed E-state index contributed by atoms with van der Waals surface area (Å²) in [5, 5.41) is 13.7. The van der Waals surface area contributed by atoms with Crippen molar-refractivity contribution in [1.29, 1.82) is 0 Å². The SMILES string of the molecule is CN=C(NCCc1nc(C(C)C)no1)NC1CCCC(C(=O)NC(C)C)C1. The smallest absolute Gasteiger partial charge is 0.228 e. The first-order valence-corrected chi connectivity index (χ1v) is 9.99. The fourth-order valence-corrected chi connectivity index (χ4v) is 3.24. The van der Waals surface area contributed by atoms with Crippen molar-refractivity contribution in [2.24, 2.45) is 10.9 Å². The average Bonchev–Trinajstić information content (AvgIpc) is 3.10. The number of aromatic nitrogens is 2. The van der Waals surface area contributed by atoms with E-state index in [0.717, 1.165) is 37.5 Å². The summed E-state index contributed by atoms with van der Waals surface area (Å²) in [5.74, 6) is 2.61. The summed E-state index contributed by atoms with van der Waals surface area (Å²) in [7, 11) is 1.75. The van der Waals surface area contributed by atoms with Gasteiger partial charge in [-0.05, 0) is 33.1 Å². The van der Waals surface area contributed by atoms with E-state index in [1.54, 1.807) is 7.05 Å². The lowest BCUT2D eigenvalue weighted by Gasteiger charge is -2.30. The van der Waals surface area contributed by atoms with Crippen molar-refractivity contribution >= 4 is 11.9 Å². The largest absolute Gasteiger partial charge is 0.356 e. The summed E-state index contributed by atoms with van der Waals surface area (Å²) in [4.78, 5) is 21.0. The van der Waals surface area contributed by atoms with Crippen LogP contribution in [0.15, 0.2) is 9.52 Å². The average molecular weight is 379 g/mol. The highest BCUT2D eigenvalue weighted by atomic mass is 16.5. The van der Waals surface area contributed by atoms with Crippen LogP contribution >= 0.6 is 0 Å². The Balaban J connectivity index is 1.77. The molecule has 0 spiro atoms. The fourth-order valence-electron chi connectivity index (χ4n) is 3.24. The Kier molecular flexibility index (Phi) is 8.06. The quantitative estimate of drug-likeness (QED) is 0.495. The van der Waals surface area contributed by atoms with Crippen LogP contribution in [0.3, 0.4) is 0 Å². The van der Waals surface area contributed by atoms with Crippen molar-refractivity contribution in [3.05, 3.63) is 11.7 Å². The van der Waals surface area contributed by atoms with Gasteiger partial charge in [0.15, 0.2) is 11.8 Å². The summed E-state index contributed by atoms with van der Waals surface area (Å²) in [6.07, 6.45) is 4.53. The lowest BCUT2D eigenvalue weighted by molar-refractivity contribution is -0.126. The zero-order valence-corrected chi connectivity index (χ0v) is 17.2. The minimum atomic E-state index is 0.0737. The molecule has 152 valence electrons. The Bertz CT molecular complexity index is 625. The third-order valence-corrected chi connectivity index (χ3v) is 4.67. The monoisotopic (exact) mass is 378 g/mol. The molecule has 1 aromatic heterocycles. The molecule has 0 radical (unpaired) electrons. The number of carbonyl (C=O) groups is 1. The second-order valence-corrected chi connectivity index (χ2v) is 7.82. The van der Waals surface area contributed by atoms with E-state index in [2.05, 4.69) is 31.1 Å². The number of aliphatic imine (C=N–C) groups is 1. The molecule has 0 aromatic carbocycles. The zero-order valence-electron chi connectivity index (χ0n) is 17.2. The molecule has 27 heavy (non-hydrogen) atoms. The first-order valence-electron chi connectivity index (χ1n) is 9.99. The lowest BCUT2D eigenvalue weighted by Crippen LogP contribution is -2.47. The standard InChI is InChI=1S/C19H34N6O2/c1-12(2)17-24-16(27-25-17)9-10-21-19(20-5)23-15-8-6-7-14(11-15)18(26)22-13(3)4/h12-15H,6-11H2,1-5H3,(H,22,26)(H2,20,21,23). The third kappa shape index (κ3) is 6.84. The Morgan fingerprint density at radius 3 is 2.70 bits per heavy atom. The Hall–Kier alpha value is -2.12. The van der Waals surface area contributed by atoms with Crippen molar-refractivity contribution < 1.29 is 9.32 Å². The van der Waals surface area contributed by atoms with Gasteiger partial charge in [0.25, 0.3) is 0 Å². The van der Waals surface area contributed by atoms with Crippen LogP contribution in [-0.4, -0.2) is 47.7 Å². The van der Waals surface area contributed by atoms with Gasteiger partial charge in [0, 0.05) is 43.9 Å². The summed E-state index contributed by atoms with van der Waals surface area (Å²) >= 11 is 0. The maximum atomic E-state index is 12.3. The zero-order chi connectivity index (χ0) is 19.8. The van der Waals surface area contributed by atoms with Crippen molar-refractivity contribution in [2.45, 2.75) is 77.8 Å². The van der Waals surface area contributed by atoms with E-state index in [1.807, 2.05) is 27.7 Å². The van der Waals surface area contributed by atoms with Crippen LogP contribution in [-0.2, 0) is 11.2 Å². The Morgan fingerprint density at radius 1 is 1.30 bits per heavy atom. The van der Waals surface area contributed by atoms with Gasteiger partial charge in [-0.1, -0.05) is 25.4 Å². The highest BCUT2D eigenvalue weighted by Crippen LogP contribution is 2.24. The second-order valence-electron chi connectivity index (χ2n) is 7.82. The first-order chi connectivity index (χ1) is 12.9. The highest BCUT2D eigenvalue weighted by molar-refractivity contribution is 5.81. The predicted molar refractivity (Wildman–Crippen MR) is 106 cm³/mol. The van der Waals surface area contributed by atoms with Crippen molar-refractivity contribution in [3.8, 4) is 0 Å². The molecule has 2 unspecified atom stereocenters. The fraction of sp³-hybridized carbons (Fsp3) is 0.789. The molecular weight excluding hydrogens is 344 g/mol. The van der Waals surface area contributed by atoms with Crippen LogP contribution in [0.5, 0.6) is 0 Å². The Labute approximate surface area is 162 Å². The molecule has 2 atom stereocenters. The number of carbonyl (C=O) groups excluding carboxylic acids is 1. The van der Waals surface area contributed by atoms with Gasteiger partial charge in [-0.3, -0.25) is 9.79 Å². The van der Waals surface area contributed by atoms with E-state index in [4.69, 9.17) is 4.52 Å². The minimum Gasteiger partial charge on any atom is -0.356 e. The molecule has 1 aliphatic rings. The van der Waals surface area contributed by atoms with E-state index < -0.39 is 0 Å². The van der Waals surface area contributed by atoms with Gasteiger partial charge < -0.3 is 20.5 Å². The number of amides is 1. The molecule has 0 saturated heterocycles. The number of nitrogens with zero attached hydrogens (tertiary/aromatic N) is 3. The molecule has 0 aliphatic heterocycles. The molecule has 1 aromatic rings. The van der Waals surface area contributed by atoms with Crippen molar-refractivity contribution in [1.82, 2.24) is 26.1 Å². The summed E-state index contributed by atoms with van der Waals surface area (Å²) in [6.45, 7) is 8.73. The second kappa shape index (κ2) is 10.3. The molecule has 1 amide bonds. The molecule has 0 bridgehead atoms. The minimum absolute atomic E-state index is 0.0737. The van der Waals surface area contributed by atoms with Crippen molar-refractivity contribution in [3.63, 3.8) is 0 Å². The predicted octanol–water partition coefficient (Wildman–Crippen LogP) is 1.98. The van der Waals surface area contributed by atoms with Gasteiger partial charge in [-0.25, -0.2) is 0 Å². The number of nitrogens with one attached hydrogen (secondary N) is 3. The molecule has 8 nitrogen and oxygen atoms in total. The van der Waals surface area contributed by atoms with Gasteiger partial charge in [-0.15, -0.1) is 0 Å². The van der Waals surface area contributed by atoms with E-state index in [9.17, 15) is 4.79 Å². The van der Waals surface area contributed by atoms with E-state index in [0.29, 0.717) is 18.9 Å². The maximum absolute atomic E-state index is 12.3. The Morgan fingerprint density at radius 2 is 2.07 bits per heavy atom. The molecule has 1 saturated carbocycles. The number of hydrogen-bond donors (Lipinski definition) is 3. The van der Waals surface area contributed by atoms with E-state index >= 15 is 0 Å². The molecule has 3 N–H and O–H groups in total. The van der Waals surface area contributed by atoms with Crippen LogP contribution in [0, 0.1) is 5.92 Å². The van der Waals surface area contributed by atoms with Crippen LogP contribution in [0.2, 0.25) is 0 Å². The van der Waals surface area contributed by atoms with Crippen LogP contribution in [0.1, 0.15) is 71.0 Å². The van der Waals surface area contributed by atoms with Gasteiger partial charge in [0.05, 0.1) is 0 Å². The molecule has 8 heteroatoms. The van der Waals surface area contributed by atoms with E-state index in [1.165, 1.54) is 0 Å². The summed E-state index contributed by atoms with van der Waals surface area (Å²) in [5.41, 5.74) is 0. The molecule has 1 fully saturated rings. The molecular formula is C19H34N6O2. The first kappa shape index (κ1) is 21.2. The van der Waals surface area contributed by atoms with Crippen LogP contribution < -0.4 is 16.0 Å². The third-order valence-electron chi connectivity index (χ3n) is 4.67. The van der Waals surface area contributed by atoms with Gasteiger partial charge in [-0.2, -0.15) is 4.98 Å². The normalized spacial score (nSPS) is 20.8. The molecule has 1 aliphatic carbocycles. The maximum Gasteiger partial charge on any atom is 0.228 e. The lowest BCUT2D eigenvalue weighted by atomic mass is 9.85. The van der Waals surface area contributed by atoms with E-state index in [-0.39, 0.29) is 29.8 Å². The van der Waals surface area contributed by atoms with Crippen LogP contribution in [0.4, 0.5) is 0 Å². The number of guanidine groups is 1. The van der Waals surface area contributed by atoms with Gasteiger partial charge in [0.2, 0.25) is 11.8 Å². The van der Waals surface area contributed by atoms with Crippen LogP contribution in [0.25, 0.3) is 0 Å². The highest BCUT2D eigenvalue weighted by Gasteiger charge is 2.28. The van der Waals surface area contributed by atoms with Crippen molar-refractivity contribution in [2.75, 3.05) is 13.6 Å². The summed E-state index contributed by atoms with van der Waals surface area (Å²) < 4.78 is 5.26. The molecule has 2 rings (SSSR count). The number of rotatable bonds is 7. The van der Waals surface area contributed by atoms with Gasteiger partial charge >= 0.3 is 0 Å². The summed E-state index contributed by atoms with van der Waals surface area (Å²) in [6, 6.07) is 0.435. The van der Waals surface area contributed by atoms with Gasteiger partial charge in [0.1, 0.15) is 0 Å². The number of hydrogen-bond acceptors (Lipinski definition) is 5. The molecule has 1 heterocycles. The topological polar surface area (TPSA) is 104 Å².